The van der Waals surface area contributed by atoms with Gasteiger partial charge in [-0.05, 0) is 67.1 Å². The van der Waals surface area contributed by atoms with Crippen LogP contribution in [-0.4, -0.2) is 42.6 Å². The van der Waals surface area contributed by atoms with Crippen LogP contribution in [0.4, 0.5) is 16.2 Å². The van der Waals surface area contributed by atoms with Crippen molar-refractivity contribution in [2.45, 2.75) is 39.3 Å². The van der Waals surface area contributed by atoms with E-state index in [1.165, 1.54) is 16.7 Å². The largest absolute Gasteiger partial charge is 0.497 e. The predicted octanol–water partition coefficient (Wildman–Crippen LogP) is 3.53. The lowest BCUT2D eigenvalue weighted by atomic mass is 10.0. The zero-order chi connectivity index (χ0) is 21.3. The molecule has 7 nitrogen and oxygen atoms in total. The number of aryl methyl sites for hydroxylation is 3. The van der Waals surface area contributed by atoms with Gasteiger partial charge in [0.05, 0.1) is 18.5 Å². The molecule has 156 valence electrons. The maximum Gasteiger partial charge on any atom is 0.345 e. The first-order chi connectivity index (χ1) is 14.5. The zero-order valence-electron chi connectivity index (χ0n) is 17.5. The monoisotopic (exact) mass is 406 g/mol. The molecule has 2 heterocycles. The molecule has 0 bridgehead atoms. The number of rotatable bonds is 6. The first kappa shape index (κ1) is 20.1. The van der Waals surface area contributed by atoms with Crippen molar-refractivity contribution in [1.29, 1.82) is 0 Å². The number of carbonyl (C=O) groups is 1. The SMILES string of the molecule is CCc1cc2c(cc1C)N(CCCc1cccc(OC)c1)C1=NC(=O)NC(O)C1=N2. The van der Waals surface area contributed by atoms with Gasteiger partial charge in [0.15, 0.2) is 12.1 Å². The predicted molar refractivity (Wildman–Crippen MR) is 118 cm³/mol. The Labute approximate surface area is 176 Å². The molecule has 0 saturated heterocycles. The fourth-order valence-corrected chi connectivity index (χ4v) is 3.95. The second-order valence-electron chi connectivity index (χ2n) is 7.51. The Morgan fingerprint density at radius 2 is 2.07 bits per heavy atom. The number of aliphatic hydroxyl groups is 1. The third kappa shape index (κ3) is 3.80. The van der Waals surface area contributed by atoms with Crippen LogP contribution in [0.5, 0.6) is 5.75 Å². The summed E-state index contributed by atoms with van der Waals surface area (Å²) in [6.07, 6.45) is 1.43. The minimum absolute atomic E-state index is 0.384. The second-order valence-corrected chi connectivity index (χ2v) is 7.51. The minimum Gasteiger partial charge on any atom is -0.497 e. The van der Waals surface area contributed by atoms with Gasteiger partial charge in [0.2, 0.25) is 0 Å². The number of amidine groups is 1. The lowest BCUT2D eigenvalue weighted by Gasteiger charge is -2.35. The standard InChI is InChI=1S/C23H26N4O3/c1-4-16-13-18-19(11-14(16)2)27(21-20(24-18)22(28)26-23(29)25-21)10-6-8-15-7-5-9-17(12-15)30-3/h5,7,9,11-13,22,28H,4,6,8,10H2,1-3H3,(H,26,29). The highest BCUT2D eigenvalue weighted by atomic mass is 16.5. The van der Waals surface area contributed by atoms with Gasteiger partial charge in [0.1, 0.15) is 11.5 Å². The minimum atomic E-state index is -1.16. The van der Waals surface area contributed by atoms with Gasteiger partial charge in [-0.25, -0.2) is 9.79 Å². The Hall–Kier alpha value is -3.19. The van der Waals surface area contributed by atoms with Gasteiger partial charge in [0, 0.05) is 6.54 Å². The second kappa shape index (κ2) is 8.28. The first-order valence-corrected chi connectivity index (χ1v) is 10.2. The summed E-state index contributed by atoms with van der Waals surface area (Å²) < 4.78 is 5.31. The number of amides is 2. The molecular formula is C23H26N4O3. The maximum absolute atomic E-state index is 12.0. The highest BCUT2D eigenvalue weighted by molar-refractivity contribution is 6.51. The summed E-state index contributed by atoms with van der Waals surface area (Å²) in [5.74, 6) is 1.26. The Balaban J connectivity index is 1.65. The van der Waals surface area contributed by atoms with E-state index in [-0.39, 0.29) is 0 Å². The Bertz CT molecular complexity index is 1040. The van der Waals surface area contributed by atoms with Crippen LogP contribution in [0.1, 0.15) is 30.0 Å². The van der Waals surface area contributed by atoms with E-state index in [2.05, 4.69) is 47.3 Å². The zero-order valence-corrected chi connectivity index (χ0v) is 17.5. The van der Waals surface area contributed by atoms with E-state index in [9.17, 15) is 9.90 Å². The quantitative estimate of drug-likeness (QED) is 0.768. The number of aliphatic hydroxyl groups excluding tert-OH is 1. The van der Waals surface area contributed by atoms with Gasteiger partial charge >= 0.3 is 6.03 Å². The highest BCUT2D eigenvalue weighted by Crippen LogP contribution is 2.37. The molecule has 0 radical (unpaired) electrons. The number of anilines is 1. The van der Waals surface area contributed by atoms with E-state index in [1.54, 1.807) is 7.11 Å². The maximum atomic E-state index is 12.0. The number of nitrogens with one attached hydrogen (secondary N) is 1. The third-order valence-corrected chi connectivity index (χ3v) is 5.54. The number of hydrogen-bond acceptors (Lipinski definition) is 5. The van der Waals surface area contributed by atoms with Crippen LogP contribution in [0.2, 0.25) is 0 Å². The van der Waals surface area contributed by atoms with Crippen molar-refractivity contribution in [3.8, 4) is 5.75 Å². The summed E-state index contributed by atoms with van der Waals surface area (Å²) in [6, 6.07) is 11.6. The molecule has 2 N–H and O–H groups in total. The number of urea groups is 1. The van der Waals surface area contributed by atoms with Crippen molar-refractivity contribution in [3.63, 3.8) is 0 Å². The lowest BCUT2D eigenvalue weighted by molar-refractivity contribution is 0.194. The first-order valence-electron chi connectivity index (χ1n) is 10.2. The molecule has 30 heavy (non-hydrogen) atoms. The van der Waals surface area contributed by atoms with Crippen molar-refractivity contribution in [2.75, 3.05) is 18.6 Å². The van der Waals surface area contributed by atoms with Crippen LogP contribution in [0.3, 0.4) is 0 Å². The summed E-state index contributed by atoms with van der Waals surface area (Å²) in [4.78, 5) is 22.7. The fraction of sp³-hybridized carbons (Fsp3) is 0.348. The molecule has 0 saturated carbocycles. The molecule has 2 aliphatic heterocycles. The number of benzene rings is 2. The van der Waals surface area contributed by atoms with Crippen LogP contribution in [0, 0.1) is 6.92 Å². The molecule has 1 unspecified atom stereocenters. The molecule has 2 aliphatic rings. The summed E-state index contributed by atoms with van der Waals surface area (Å²) in [5.41, 5.74) is 5.66. The van der Waals surface area contributed by atoms with Crippen molar-refractivity contribution < 1.29 is 14.6 Å². The summed E-state index contributed by atoms with van der Waals surface area (Å²) in [5, 5.41) is 12.8. The van der Waals surface area contributed by atoms with Gasteiger partial charge in [-0.1, -0.05) is 19.1 Å². The van der Waals surface area contributed by atoms with Crippen LogP contribution in [-0.2, 0) is 12.8 Å². The van der Waals surface area contributed by atoms with E-state index in [4.69, 9.17) is 4.74 Å². The van der Waals surface area contributed by atoms with Gasteiger partial charge in [-0.3, -0.25) is 0 Å². The molecule has 0 fully saturated rings. The summed E-state index contributed by atoms with van der Waals surface area (Å²) in [7, 11) is 1.66. The number of methoxy groups -OCH3 is 1. The molecule has 1 atom stereocenters. The number of hydrogen-bond donors (Lipinski definition) is 2. The summed E-state index contributed by atoms with van der Waals surface area (Å²) in [6.45, 7) is 4.84. The molecule has 2 aromatic carbocycles. The lowest BCUT2D eigenvalue weighted by Crippen LogP contribution is -2.54. The highest BCUT2D eigenvalue weighted by Gasteiger charge is 2.35. The van der Waals surface area contributed by atoms with Gasteiger partial charge < -0.3 is 20.1 Å². The Kier molecular flexibility index (Phi) is 5.55. The van der Waals surface area contributed by atoms with Gasteiger partial charge in [0.25, 0.3) is 0 Å². The average Bonchev–Trinajstić information content (AvgIpc) is 2.74. The molecule has 0 aliphatic carbocycles. The van der Waals surface area contributed by atoms with E-state index < -0.39 is 12.3 Å². The van der Waals surface area contributed by atoms with Crippen LogP contribution in [0.25, 0.3) is 0 Å². The Morgan fingerprint density at radius 1 is 1.23 bits per heavy atom. The molecular weight excluding hydrogens is 380 g/mol. The van der Waals surface area contributed by atoms with Crippen LogP contribution < -0.4 is 15.0 Å². The number of nitrogens with zero attached hydrogens (tertiary/aromatic N) is 3. The molecule has 4 rings (SSSR count). The molecule has 0 spiro atoms. The molecule has 7 heteroatoms. The van der Waals surface area contributed by atoms with Crippen molar-refractivity contribution in [2.24, 2.45) is 9.98 Å². The number of ether oxygens (including phenoxy) is 1. The van der Waals surface area contributed by atoms with Crippen molar-refractivity contribution in [1.82, 2.24) is 5.32 Å². The van der Waals surface area contributed by atoms with Crippen LogP contribution in [0.15, 0.2) is 46.4 Å². The smallest absolute Gasteiger partial charge is 0.345 e. The average molecular weight is 406 g/mol. The third-order valence-electron chi connectivity index (χ3n) is 5.54. The molecule has 2 amide bonds. The summed E-state index contributed by atoms with van der Waals surface area (Å²) >= 11 is 0. The fourth-order valence-electron chi connectivity index (χ4n) is 3.95. The van der Waals surface area contributed by atoms with E-state index >= 15 is 0 Å². The van der Waals surface area contributed by atoms with Gasteiger partial charge in [-0.2, -0.15) is 4.99 Å². The van der Waals surface area contributed by atoms with Crippen molar-refractivity contribution in [3.05, 3.63) is 53.1 Å². The van der Waals surface area contributed by atoms with Crippen LogP contribution >= 0.6 is 0 Å². The van der Waals surface area contributed by atoms with Crippen molar-refractivity contribution >= 4 is 29.0 Å². The normalized spacial score (nSPS) is 17.5. The molecule has 0 aromatic heterocycles. The number of aliphatic imine (C=N–C) groups is 2. The van der Waals surface area contributed by atoms with E-state index in [1.807, 2.05) is 23.1 Å². The van der Waals surface area contributed by atoms with E-state index in [0.717, 1.165) is 36.4 Å². The topological polar surface area (TPSA) is 86.5 Å². The van der Waals surface area contributed by atoms with E-state index in [0.29, 0.717) is 18.1 Å². The molecule has 2 aromatic rings. The Morgan fingerprint density at radius 3 is 2.83 bits per heavy atom. The number of fused-ring (bicyclic) bond motifs is 2. The number of carbonyl (C=O) groups excluding carboxylic acids is 1. The van der Waals surface area contributed by atoms with Gasteiger partial charge in [-0.15, -0.1) is 0 Å².